The van der Waals surface area contributed by atoms with Gasteiger partial charge in [0.2, 0.25) is 0 Å². The molecule has 0 aliphatic heterocycles. The minimum Gasteiger partial charge on any atom is -0.426 e. The van der Waals surface area contributed by atoms with Crippen LogP contribution in [-0.4, -0.2) is 11.8 Å². The first-order valence-electron chi connectivity index (χ1n) is 7.18. The molecule has 0 atom stereocenters. The standard InChI is InChI=1S/C19H16O3/c1-12(20)11-18-16-9-4-3-7-14(16)15-8-5-6-10-17(15)19(18)22-13(2)21/h3-10H,11H2,1-2H3. The maximum atomic E-state index is 11.7. The Bertz CT molecular complexity index is 819. The van der Waals surface area contributed by atoms with Crippen LogP contribution in [0.2, 0.25) is 0 Å². The smallest absolute Gasteiger partial charge is 0.308 e. The summed E-state index contributed by atoms with van der Waals surface area (Å²) in [5.74, 6) is 0.149. The number of rotatable bonds is 3. The van der Waals surface area contributed by atoms with Crippen molar-refractivity contribution in [3.8, 4) is 5.75 Å². The van der Waals surface area contributed by atoms with Crippen molar-refractivity contribution in [2.45, 2.75) is 20.3 Å². The van der Waals surface area contributed by atoms with Gasteiger partial charge in [0.1, 0.15) is 11.5 Å². The Balaban J connectivity index is 2.48. The quantitative estimate of drug-likeness (QED) is 0.415. The Hall–Kier alpha value is -2.68. The Morgan fingerprint density at radius 2 is 1.32 bits per heavy atom. The van der Waals surface area contributed by atoms with Gasteiger partial charge < -0.3 is 4.74 Å². The van der Waals surface area contributed by atoms with Crippen molar-refractivity contribution in [1.29, 1.82) is 0 Å². The second kappa shape index (κ2) is 5.60. The van der Waals surface area contributed by atoms with Crippen LogP contribution in [0.3, 0.4) is 0 Å². The summed E-state index contributed by atoms with van der Waals surface area (Å²) in [6.45, 7) is 2.92. The third-order valence-electron chi connectivity index (χ3n) is 3.66. The molecule has 0 amide bonds. The van der Waals surface area contributed by atoms with Crippen LogP contribution in [0, 0.1) is 0 Å². The summed E-state index contributed by atoms with van der Waals surface area (Å²) in [7, 11) is 0. The van der Waals surface area contributed by atoms with Crippen molar-refractivity contribution >= 4 is 33.3 Å². The predicted octanol–water partition coefficient (Wildman–Crippen LogP) is 4.05. The molecular formula is C19H16O3. The summed E-state index contributed by atoms with van der Waals surface area (Å²) in [6, 6.07) is 15.7. The lowest BCUT2D eigenvalue weighted by molar-refractivity contribution is -0.132. The number of benzene rings is 3. The highest BCUT2D eigenvalue weighted by Gasteiger charge is 2.17. The van der Waals surface area contributed by atoms with Gasteiger partial charge in [0.15, 0.2) is 0 Å². The van der Waals surface area contributed by atoms with E-state index < -0.39 is 0 Å². The first-order valence-corrected chi connectivity index (χ1v) is 7.18. The van der Waals surface area contributed by atoms with Gasteiger partial charge in [-0.2, -0.15) is 0 Å². The molecule has 3 rings (SSSR count). The summed E-state index contributed by atoms with van der Waals surface area (Å²) in [6.07, 6.45) is 0.244. The fourth-order valence-corrected chi connectivity index (χ4v) is 2.87. The molecule has 110 valence electrons. The second-order valence-electron chi connectivity index (χ2n) is 5.37. The van der Waals surface area contributed by atoms with Gasteiger partial charge in [-0.25, -0.2) is 0 Å². The maximum absolute atomic E-state index is 11.7. The maximum Gasteiger partial charge on any atom is 0.308 e. The van der Waals surface area contributed by atoms with Gasteiger partial charge in [-0.05, 0) is 23.1 Å². The van der Waals surface area contributed by atoms with Crippen molar-refractivity contribution in [3.05, 3.63) is 54.1 Å². The summed E-state index contributed by atoms with van der Waals surface area (Å²) >= 11 is 0. The van der Waals surface area contributed by atoms with Gasteiger partial charge >= 0.3 is 5.97 Å². The topological polar surface area (TPSA) is 43.4 Å². The Labute approximate surface area is 128 Å². The van der Waals surface area contributed by atoms with E-state index in [0.29, 0.717) is 5.75 Å². The van der Waals surface area contributed by atoms with Crippen molar-refractivity contribution < 1.29 is 14.3 Å². The van der Waals surface area contributed by atoms with E-state index in [-0.39, 0.29) is 18.2 Å². The molecule has 0 heterocycles. The van der Waals surface area contributed by atoms with Crippen LogP contribution < -0.4 is 4.74 Å². The van der Waals surface area contributed by atoms with Crippen molar-refractivity contribution in [3.63, 3.8) is 0 Å². The average molecular weight is 292 g/mol. The average Bonchev–Trinajstić information content (AvgIpc) is 2.50. The number of hydrogen-bond acceptors (Lipinski definition) is 3. The normalized spacial score (nSPS) is 10.8. The number of hydrogen-bond donors (Lipinski definition) is 0. The van der Waals surface area contributed by atoms with Crippen LogP contribution in [0.1, 0.15) is 19.4 Å². The fraction of sp³-hybridized carbons (Fsp3) is 0.158. The molecule has 0 N–H and O–H groups in total. The van der Waals surface area contributed by atoms with Gasteiger partial charge in [0.05, 0.1) is 0 Å². The lowest BCUT2D eigenvalue weighted by atomic mass is 9.93. The van der Waals surface area contributed by atoms with E-state index in [1.165, 1.54) is 6.92 Å². The zero-order valence-corrected chi connectivity index (χ0v) is 12.6. The Morgan fingerprint density at radius 3 is 1.86 bits per heavy atom. The third kappa shape index (κ3) is 2.46. The zero-order valence-electron chi connectivity index (χ0n) is 12.6. The Kier molecular flexibility index (Phi) is 3.63. The number of fused-ring (bicyclic) bond motifs is 3. The predicted molar refractivity (Wildman–Crippen MR) is 87.1 cm³/mol. The first-order chi connectivity index (χ1) is 10.6. The molecule has 0 unspecified atom stereocenters. The molecule has 0 aliphatic rings. The highest BCUT2D eigenvalue weighted by atomic mass is 16.5. The molecule has 0 aliphatic carbocycles. The second-order valence-corrected chi connectivity index (χ2v) is 5.37. The first kappa shape index (κ1) is 14.3. The van der Waals surface area contributed by atoms with Gasteiger partial charge in [-0.15, -0.1) is 0 Å². The van der Waals surface area contributed by atoms with Gasteiger partial charge in [-0.1, -0.05) is 48.5 Å². The molecule has 22 heavy (non-hydrogen) atoms. The van der Waals surface area contributed by atoms with E-state index >= 15 is 0 Å². The molecule has 0 spiro atoms. The molecule has 0 saturated heterocycles. The monoisotopic (exact) mass is 292 g/mol. The highest BCUT2D eigenvalue weighted by Crippen LogP contribution is 2.38. The summed E-state index contributed by atoms with van der Waals surface area (Å²) < 4.78 is 5.48. The van der Waals surface area contributed by atoms with Gasteiger partial charge in [0, 0.05) is 24.3 Å². The molecule has 3 heteroatoms. The van der Waals surface area contributed by atoms with Gasteiger partial charge in [-0.3, -0.25) is 9.59 Å². The molecule has 0 radical (unpaired) electrons. The van der Waals surface area contributed by atoms with E-state index in [9.17, 15) is 9.59 Å². The van der Waals surface area contributed by atoms with Crippen LogP contribution in [0.5, 0.6) is 5.75 Å². The summed E-state index contributed by atoms with van der Waals surface area (Å²) in [4.78, 5) is 23.2. The van der Waals surface area contributed by atoms with Crippen LogP contribution in [0.15, 0.2) is 48.5 Å². The number of ether oxygens (including phenoxy) is 1. The van der Waals surface area contributed by atoms with E-state index in [2.05, 4.69) is 0 Å². The minimum absolute atomic E-state index is 0.0360. The zero-order chi connectivity index (χ0) is 15.7. The number of carbonyl (C=O) groups excluding carboxylic acids is 2. The molecule has 3 aromatic rings. The van der Waals surface area contributed by atoms with Crippen molar-refractivity contribution in [2.75, 3.05) is 0 Å². The van der Waals surface area contributed by atoms with Crippen LogP contribution in [-0.2, 0) is 16.0 Å². The number of carbonyl (C=O) groups is 2. The molecule has 0 saturated carbocycles. The van der Waals surface area contributed by atoms with E-state index in [1.54, 1.807) is 6.92 Å². The van der Waals surface area contributed by atoms with Crippen molar-refractivity contribution in [1.82, 2.24) is 0 Å². The van der Waals surface area contributed by atoms with Crippen molar-refractivity contribution in [2.24, 2.45) is 0 Å². The number of Topliss-reactive ketones (excluding diaryl/α,β-unsaturated/α-hetero) is 1. The Morgan fingerprint density at radius 1 is 0.818 bits per heavy atom. The van der Waals surface area contributed by atoms with Gasteiger partial charge in [0.25, 0.3) is 0 Å². The molecule has 3 nitrogen and oxygen atoms in total. The summed E-state index contributed by atoms with van der Waals surface area (Å²) in [5, 5.41) is 3.88. The molecular weight excluding hydrogens is 276 g/mol. The van der Waals surface area contributed by atoms with Crippen LogP contribution in [0.4, 0.5) is 0 Å². The minimum atomic E-state index is -0.384. The third-order valence-corrected chi connectivity index (χ3v) is 3.66. The van der Waals surface area contributed by atoms with E-state index in [0.717, 1.165) is 27.1 Å². The fourth-order valence-electron chi connectivity index (χ4n) is 2.87. The molecule has 0 aromatic heterocycles. The SMILES string of the molecule is CC(=O)Cc1c(OC(C)=O)c2ccccc2c2ccccc12. The van der Waals surface area contributed by atoms with E-state index in [1.807, 2.05) is 48.5 Å². The molecule has 0 fully saturated rings. The van der Waals surface area contributed by atoms with Crippen LogP contribution in [0.25, 0.3) is 21.5 Å². The lowest BCUT2D eigenvalue weighted by Gasteiger charge is -2.15. The molecule has 3 aromatic carbocycles. The largest absolute Gasteiger partial charge is 0.426 e. The van der Waals surface area contributed by atoms with E-state index in [4.69, 9.17) is 4.74 Å². The summed E-state index contributed by atoms with van der Waals surface area (Å²) in [5.41, 5.74) is 0.775. The number of ketones is 1. The number of esters is 1. The highest BCUT2D eigenvalue weighted by molar-refractivity contribution is 6.13. The lowest BCUT2D eigenvalue weighted by Crippen LogP contribution is -2.07. The molecule has 0 bridgehead atoms. The van der Waals surface area contributed by atoms with Crippen LogP contribution >= 0.6 is 0 Å².